The van der Waals surface area contributed by atoms with Gasteiger partial charge >= 0.3 is 6.03 Å². The zero-order valence-electron chi connectivity index (χ0n) is 14.2. The van der Waals surface area contributed by atoms with Gasteiger partial charge in [0.2, 0.25) is 0 Å². The summed E-state index contributed by atoms with van der Waals surface area (Å²) in [6, 6.07) is 5.31. The molecule has 140 valence electrons. The maximum absolute atomic E-state index is 12.7. The number of halogens is 1. The molecule has 0 atom stereocenters. The molecule has 1 aliphatic heterocycles. The fourth-order valence-corrected chi connectivity index (χ4v) is 2.94. The lowest BCUT2D eigenvalue weighted by Gasteiger charge is -2.25. The van der Waals surface area contributed by atoms with Crippen molar-refractivity contribution in [1.82, 2.24) is 10.2 Å². The van der Waals surface area contributed by atoms with E-state index in [4.69, 9.17) is 9.15 Å². The summed E-state index contributed by atoms with van der Waals surface area (Å²) in [5, 5.41) is 12.0. The average molecular weight is 435 g/mol. The Bertz CT molecular complexity index is 936. The predicted octanol–water partition coefficient (Wildman–Crippen LogP) is 2.81. The zero-order chi connectivity index (χ0) is 19.6. The number of benzene rings is 1. The fourth-order valence-electron chi connectivity index (χ4n) is 2.49. The highest BCUT2D eigenvalue weighted by Gasteiger charge is 2.36. The fraction of sp³-hybridized carbons (Fsp3) is 0.167. The summed E-state index contributed by atoms with van der Waals surface area (Å²) in [5.74, 6) is -1.03. The summed E-state index contributed by atoms with van der Waals surface area (Å²) < 4.78 is 10.9. The van der Waals surface area contributed by atoms with E-state index in [-0.39, 0.29) is 23.6 Å². The van der Waals surface area contributed by atoms with E-state index in [1.165, 1.54) is 24.5 Å². The highest BCUT2D eigenvalue weighted by Crippen LogP contribution is 2.34. The van der Waals surface area contributed by atoms with Gasteiger partial charge in [0.05, 0.1) is 19.4 Å². The minimum atomic E-state index is -0.821. The number of phenolic OH excluding ortho intramolecular Hbond substituents is 1. The second-order valence-electron chi connectivity index (χ2n) is 5.56. The van der Waals surface area contributed by atoms with Crippen LogP contribution < -0.4 is 10.1 Å². The van der Waals surface area contributed by atoms with Crippen LogP contribution in [0.25, 0.3) is 6.08 Å². The lowest BCUT2D eigenvalue weighted by molar-refractivity contribution is -0.130. The van der Waals surface area contributed by atoms with Gasteiger partial charge in [-0.05, 0) is 42.8 Å². The summed E-state index contributed by atoms with van der Waals surface area (Å²) in [4.78, 5) is 37.8. The number of phenols is 1. The van der Waals surface area contributed by atoms with Crippen molar-refractivity contribution < 1.29 is 28.6 Å². The zero-order valence-corrected chi connectivity index (χ0v) is 15.8. The third-order valence-electron chi connectivity index (χ3n) is 3.76. The SMILES string of the molecule is CCOc1cc(/C=C2\C(=O)NC(=O)N(Cc3ccco3)C2=O)c(Br)cc1O. The second kappa shape index (κ2) is 7.67. The number of imide groups is 2. The van der Waals surface area contributed by atoms with Crippen LogP contribution in [0.5, 0.6) is 11.5 Å². The first-order valence-electron chi connectivity index (χ1n) is 7.97. The molecule has 27 heavy (non-hydrogen) atoms. The monoisotopic (exact) mass is 434 g/mol. The van der Waals surface area contributed by atoms with Crippen LogP contribution in [-0.4, -0.2) is 34.5 Å². The minimum absolute atomic E-state index is 0.0834. The number of hydrogen-bond donors (Lipinski definition) is 2. The maximum atomic E-state index is 12.7. The summed E-state index contributed by atoms with van der Waals surface area (Å²) >= 11 is 3.28. The van der Waals surface area contributed by atoms with E-state index >= 15 is 0 Å². The molecule has 1 saturated heterocycles. The first-order chi connectivity index (χ1) is 12.9. The molecule has 0 aliphatic carbocycles. The first-order valence-corrected chi connectivity index (χ1v) is 8.76. The molecule has 8 nitrogen and oxygen atoms in total. The summed E-state index contributed by atoms with van der Waals surface area (Å²) in [6.07, 6.45) is 2.75. The van der Waals surface area contributed by atoms with Crippen molar-refractivity contribution in [2.24, 2.45) is 0 Å². The molecule has 1 aliphatic rings. The van der Waals surface area contributed by atoms with E-state index in [0.717, 1.165) is 4.90 Å². The minimum Gasteiger partial charge on any atom is -0.504 e. The van der Waals surface area contributed by atoms with E-state index in [1.54, 1.807) is 19.1 Å². The van der Waals surface area contributed by atoms with Crippen LogP contribution in [-0.2, 0) is 16.1 Å². The Balaban J connectivity index is 1.96. The molecule has 2 aromatic rings. The van der Waals surface area contributed by atoms with E-state index in [2.05, 4.69) is 21.2 Å². The maximum Gasteiger partial charge on any atom is 0.331 e. The molecular weight excluding hydrogens is 420 g/mol. The quantitative estimate of drug-likeness (QED) is 0.552. The van der Waals surface area contributed by atoms with Crippen LogP contribution >= 0.6 is 15.9 Å². The number of carbonyl (C=O) groups excluding carboxylic acids is 3. The Morgan fingerprint density at radius 1 is 1.33 bits per heavy atom. The third-order valence-corrected chi connectivity index (χ3v) is 4.44. The molecule has 0 saturated carbocycles. The third kappa shape index (κ3) is 3.87. The Hall–Kier alpha value is -3.07. The number of carbonyl (C=O) groups is 3. The lowest BCUT2D eigenvalue weighted by atomic mass is 10.1. The van der Waals surface area contributed by atoms with Gasteiger partial charge in [-0.15, -0.1) is 0 Å². The van der Waals surface area contributed by atoms with Crippen molar-refractivity contribution >= 4 is 39.9 Å². The Kier molecular flexibility index (Phi) is 5.31. The van der Waals surface area contributed by atoms with Crippen LogP contribution in [0.4, 0.5) is 4.79 Å². The molecule has 1 fully saturated rings. The topological polar surface area (TPSA) is 109 Å². The molecule has 0 bridgehead atoms. The van der Waals surface area contributed by atoms with E-state index in [9.17, 15) is 19.5 Å². The van der Waals surface area contributed by atoms with Gasteiger partial charge in [0.15, 0.2) is 11.5 Å². The van der Waals surface area contributed by atoms with Crippen LogP contribution in [0.15, 0.2) is 45.0 Å². The highest BCUT2D eigenvalue weighted by molar-refractivity contribution is 9.10. The van der Waals surface area contributed by atoms with E-state index in [0.29, 0.717) is 22.4 Å². The lowest BCUT2D eigenvalue weighted by Crippen LogP contribution is -2.53. The Morgan fingerprint density at radius 3 is 2.78 bits per heavy atom. The van der Waals surface area contributed by atoms with Crippen molar-refractivity contribution in [2.75, 3.05) is 6.61 Å². The number of rotatable bonds is 5. The van der Waals surface area contributed by atoms with E-state index in [1.807, 2.05) is 0 Å². The van der Waals surface area contributed by atoms with Gasteiger partial charge in [0, 0.05) is 4.47 Å². The molecule has 2 N–H and O–H groups in total. The number of nitrogens with one attached hydrogen (secondary N) is 1. The van der Waals surface area contributed by atoms with E-state index < -0.39 is 17.8 Å². The van der Waals surface area contributed by atoms with Crippen molar-refractivity contribution in [3.05, 3.63) is 51.9 Å². The van der Waals surface area contributed by atoms with Gasteiger partial charge < -0.3 is 14.3 Å². The van der Waals surface area contributed by atoms with Crippen molar-refractivity contribution in [3.8, 4) is 11.5 Å². The largest absolute Gasteiger partial charge is 0.504 e. The highest BCUT2D eigenvalue weighted by atomic mass is 79.9. The van der Waals surface area contributed by atoms with Crippen LogP contribution in [0, 0.1) is 0 Å². The number of urea groups is 1. The molecular formula is C18H15BrN2O6. The van der Waals surface area contributed by atoms with Crippen LogP contribution in [0.2, 0.25) is 0 Å². The standard InChI is InChI=1S/C18H15BrN2O6/c1-2-26-15-7-10(13(19)8-14(15)22)6-12-16(23)20-18(25)21(17(12)24)9-11-4-3-5-27-11/h3-8,22H,2,9H2,1H3,(H,20,23,25)/b12-6+. The summed E-state index contributed by atoms with van der Waals surface area (Å²) in [6.45, 7) is 1.98. The molecule has 9 heteroatoms. The predicted molar refractivity (Wildman–Crippen MR) is 97.7 cm³/mol. The van der Waals surface area contributed by atoms with Crippen LogP contribution in [0.1, 0.15) is 18.2 Å². The van der Waals surface area contributed by atoms with Gasteiger partial charge in [-0.3, -0.25) is 19.8 Å². The molecule has 3 rings (SSSR count). The Morgan fingerprint density at radius 2 is 2.11 bits per heavy atom. The molecule has 0 radical (unpaired) electrons. The summed E-state index contributed by atoms with van der Waals surface area (Å²) in [7, 11) is 0. The number of ether oxygens (including phenoxy) is 1. The van der Waals surface area contributed by atoms with Crippen molar-refractivity contribution in [2.45, 2.75) is 13.5 Å². The van der Waals surface area contributed by atoms with Gasteiger partial charge in [0.1, 0.15) is 11.3 Å². The molecule has 1 aromatic heterocycles. The smallest absolute Gasteiger partial charge is 0.331 e. The number of barbiturate groups is 1. The second-order valence-corrected chi connectivity index (χ2v) is 6.42. The van der Waals surface area contributed by atoms with Crippen LogP contribution in [0.3, 0.4) is 0 Å². The number of aromatic hydroxyl groups is 1. The van der Waals surface area contributed by atoms with Crippen molar-refractivity contribution in [1.29, 1.82) is 0 Å². The van der Waals surface area contributed by atoms with Gasteiger partial charge in [-0.25, -0.2) is 4.79 Å². The molecule has 2 heterocycles. The number of amides is 4. The molecule has 4 amide bonds. The summed E-state index contributed by atoms with van der Waals surface area (Å²) in [5.41, 5.74) is 0.206. The van der Waals surface area contributed by atoms with Crippen molar-refractivity contribution in [3.63, 3.8) is 0 Å². The Labute approximate surface area is 162 Å². The van der Waals surface area contributed by atoms with Gasteiger partial charge in [0.25, 0.3) is 11.8 Å². The van der Waals surface area contributed by atoms with Gasteiger partial charge in [-0.1, -0.05) is 15.9 Å². The molecule has 0 spiro atoms. The van der Waals surface area contributed by atoms with Gasteiger partial charge in [-0.2, -0.15) is 0 Å². The molecule has 1 aromatic carbocycles. The molecule has 0 unspecified atom stereocenters. The number of nitrogens with zero attached hydrogens (tertiary/aromatic N) is 1. The number of hydrogen-bond acceptors (Lipinski definition) is 6. The number of furan rings is 1. The normalized spacial score (nSPS) is 16.0. The first kappa shape index (κ1) is 18.7. The average Bonchev–Trinajstić information content (AvgIpc) is 3.12.